The molecule has 1 fully saturated rings. The van der Waals surface area contributed by atoms with Crippen molar-refractivity contribution >= 4 is 17.5 Å². The van der Waals surface area contributed by atoms with Crippen molar-refractivity contribution in [1.82, 2.24) is 15.3 Å². The Morgan fingerprint density at radius 2 is 2.28 bits per heavy atom. The van der Waals surface area contributed by atoms with Crippen LogP contribution in [0, 0.1) is 5.92 Å². The van der Waals surface area contributed by atoms with E-state index < -0.39 is 0 Å². The molecule has 1 aromatic heterocycles. The first-order valence-electron chi connectivity index (χ1n) is 6.09. The zero-order valence-corrected chi connectivity index (χ0v) is 10.7. The summed E-state index contributed by atoms with van der Waals surface area (Å²) in [4.78, 5) is 19.6. The molecule has 1 saturated carbocycles. The number of carbonyl (C=O) groups excluding carboxylic acids is 1. The lowest BCUT2D eigenvalue weighted by Crippen LogP contribution is -2.43. The van der Waals surface area contributed by atoms with Gasteiger partial charge in [-0.3, -0.25) is 4.79 Å². The fourth-order valence-electron chi connectivity index (χ4n) is 2.33. The minimum Gasteiger partial charge on any atom is -0.396 e. The fraction of sp³-hybridized carbons (Fsp3) is 0.583. The number of rotatable bonds is 3. The first kappa shape index (κ1) is 13.2. The maximum Gasteiger partial charge on any atom is 0.271 e. The molecular formula is C12H16ClN3O2. The number of nitrogens with one attached hydrogen (secondary N) is 1. The van der Waals surface area contributed by atoms with E-state index in [0.29, 0.717) is 0 Å². The van der Waals surface area contributed by atoms with Crippen LogP contribution in [0.5, 0.6) is 0 Å². The van der Waals surface area contributed by atoms with Crippen LogP contribution in [0.1, 0.15) is 36.2 Å². The van der Waals surface area contributed by atoms with Gasteiger partial charge in [0.2, 0.25) is 0 Å². The fourth-order valence-corrected chi connectivity index (χ4v) is 2.52. The Hall–Kier alpha value is -1.20. The van der Waals surface area contributed by atoms with E-state index in [1.165, 1.54) is 12.5 Å². The first-order chi connectivity index (χ1) is 8.72. The van der Waals surface area contributed by atoms with Crippen molar-refractivity contribution in [3.63, 3.8) is 0 Å². The molecule has 0 saturated heterocycles. The third-order valence-corrected chi connectivity index (χ3v) is 3.62. The second kappa shape index (κ2) is 6.11. The van der Waals surface area contributed by atoms with Crippen LogP contribution >= 0.6 is 11.6 Å². The van der Waals surface area contributed by atoms with Crippen LogP contribution in [0.3, 0.4) is 0 Å². The molecular weight excluding hydrogens is 254 g/mol. The number of aliphatic hydroxyl groups excluding tert-OH is 1. The van der Waals surface area contributed by atoms with E-state index in [9.17, 15) is 9.90 Å². The van der Waals surface area contributed by atoms with Crippen LogP contribution in [0.25, 0.3) is 0 Å². The number of amides is 1. The molecule has 0 aromatic carbocycles. The van der Waals surface area contributed by atoms with E-state index in [4.69, 9.17) is 11.6 Å². The van der Waals surface area contributed by atoms with Crippen LogP contribution in [0.4, 0.5) is 0 Å². The highest BCUT2D eigenvalue weighted by Gasteiger charge is 2.27. The van der Waals surface area contributed by atoms with Crippen molar-refractivity contribution in [2.24, 2.45) is 5.92 Å². The Labute approximate surface area is 111 Å². The van der Waals surface area contributed by atoms with Gasteiger partial charge in [-0.1, -0.05) is 24.4 Å². The van der Waals surface area contributed by atoms with E-state index >= 15 is 0 Å². The summed E-state index contributed by atoms with van der Waals surface area (Å²) in [6.07, 6.45) is 6.70. The van der Waals surface area contributed by atoms with Crippen LogP contribution in [-0.2, 0) is 0 Å². The molecule has 2 atom stereocenters. The summed E-state index contributed by atoms with van der Waals surface area (Å²) in [5.41, 5.74) is 0.189. The lowest BCUT2D eigenvalue weighted by molar-refractivity contribution is 0.0867. The highest BCUT2D eigenvalue weighted by atomic mass is 35.5. The molecule has 1 amide bonds. The lowest BCUT2D eigenvalue weighted by atomic mass is 9.85. The van der Waals surface area contributed by atoms with Crippen molar-refractivity contribution in [3.8, 4) is 0 Å². The van der Waals surface area contributed by atoms with Gasteiger partial charge in [-0.05, 0) is 12.8 Å². The summed E-state index contributed by atoms with van der Waals surface area (Å²) >= 11 is 5.87. The number of nitrogens with zero attached hydrogens (tertiary/aromatic N) is 2. The number of aliphatic hydroxyl groups is 1. The van der Waals surface area contributed by atoms with E-state index in [2.05, 4.69) is 15.3 Å². The van der Waals surface area contributed by atoms with Gasteiger partial charge < -0.3 is 10.4 Å². The maximum absolute atomic E-state index is 12.0. The number of aromatic nitrogens is 2. The Bertz CT molecular complexity index is 428. The Morgan fingerprint density at radius 1 is 1.50 bits per heavy atom. The van der Waals surface area contributed by atoms with Gasteiger partial charge in [-0.25, -0.2) is 9.97 Å². The van der Waals surface area contributed by atoms with Gasteiger partial charge in [0, 0.05) is 24.8 Å². The van der Waals surface area contributed by atoms with Crippen molar-refractivity contribution in [1.29, 1.82) is 0 Å². The van der Waals surface area contributed by atoms with Crippen LogP contribution in [0.15, 0.2) is 12.5 Å². The van der Waals surface area contributed by atoms with E-state index in [-0.39, 0.29) is 35.2 Å². The zero-order chi connectivity index (χ0) is 13.0. The summed E-state index contributed by atoms with van der Waals surface area (Å²) in [6, 6.07) is 0.00211. The average Bonchev–Trinajstić information content (AvgIpc) is 2.39. The van der Waals surface area contributed by atoms with Gasteiger partial charge in [0.15, 0.2) is 0 Å². The number of hydrogen-bond acceptors (Lipinski definition) is 4. The molecule has 1 aliphatic carbocycles. The van der Waals surface area contributed by atoms with Gasteiger partial charge in [-0.15, -0.1) is 0 Å². The molecule has 18 heavy (non-hydrogen) atoms. The third-order valence-electron chi connectivity index (χ3n) is 3.34. The molecule has 2 N–H and O–H groups in total. The smallest absolute Gasteiger partial charge is 0.271 e. The topological polar surface area (TPSA) is 75.1 Å². The van der Waals surface area contributed by atoms with Crippen molar-refractivity contribution in [3.05, 3.63) is 23.2 Å². The van der Waals surface area contributed by atoms with Crippen molar-refractivity contribution in [2.45, 2.75) is 31.7 Å². The zero-order valence-electron chi connectivity index (χ0n) is 9.97. The number of hydrogen-bond donors (Lipinski definition) is 2. The minimum atomic E-state index is -0.298. The second-order valence-electron chi connectivity index (χ2n) is 4.53. The molecule has 2 unspecified atom stereocenters. The van der Waals surface area contributed by atoms with Gasteiger partial charge in [0.25, 0.3) is 5.91 Å². The quantitative estimate of drug-likeness (QED) is 0.870. The second-order valence-corrected chi connectivity index (χ2v) is 4.93. The highest BCUT2D eigenvalue weighted by Crippen LogP contribution is 2.24. The maximum atomic E-state index is 12.0. The minimum absolute atomic E-state index is 0.00211. The molecule has 0 radical (unpaired) electrons. The summed E-state index contributed by atoms with van der Waals surface area (Å²) in [7, 11) is 0. The largest absolute Gasteiger partial charge is 0.396 e. The Kier molecular flexibility index (Phi) is 4.49. The van der Waals surface area contributed by atoms with Crippen LogP contribution in [-0.4, -0.2) is 33.6 Å². The van der Waals surface area contributed by atoms with Gasteiger partial charge in [0.05, 0.1) is 5.02 Å². The Balaban J connectivity index is 2.04. The van der Waals surface area contributed by atoms with Gasteiger partial charge >= 0.3 is 0 Å². The van der Waals surface area contributed by atoms with Gasteiger partial charge in [-0.2, -0.15) is 0 Å². The molecule has 5 nitrogen and oxygen atoms in total. The molecule has 2 rings (SSSR count). The number of halogens is 1. The van der Waals surface area contributed by atoms with Crippen molar-refractivity contribution in [2.75, 3.05) is 6.61 Å². The van der Waals surface area contributed by atoms with E-state index in [1.807, 2.05) is 0 Å². The summed E-state index contributed by atoms with van der Waals surface area (Å²) in [5.74, 6) is -0.170. The van der Waals surface area contributed by atoms with Gasteiger partial charge in [0.1, 0.15) is 12.0 Å². The summed E-state index contributed by atoms with van der Waals surface area (Å²) in [6.45, 7) is 0.0997. The number of carbonyl (C=O) groups is 1. The molecule has 1 heterocycles. The third kappa shape index (κ3) is 2.97. The predicted molar refractivity (Wildman–Crippen MR) is 67.3 cm³/mol. The van der Waals surface area contributed by atoms with Crippen LogP contribution in [0.2, 0.25) is 5.02 Å². The SMILES string of the molecule is O=C(NC1CCCCC1CO)c1ncncc1Cl. The molecule has 6 heteroatoms. The highest BCUT2D eigenvalue weighted by molar-refractivity contribution is 6.33. The first-order valence-corrected chi connectivity index (χ1v) is 6.47. The molecule has 98 valence electrons. The predicted octanol–water partition coefficient (Wildman–Crippen LogP) is 1.41. The normalized spacial score (nSPS) is 23.7. The van der Waals surface area contributed by atoms with E-state index in [1.54, 1.807) is 0 Å². The summed E-state index contributed by atoms with van der Waals surface area (Å²) < 4.78 is 0. The molecule has 1 aliphatic rings. The van der Waals surface area contributed by atoms with E-state index in [0.717, 1.165) is 25.7 Å². The van der Waals surface area contributed by atoms with Crippen molar-refractivity contribution < 1.29 is 9.90 Å². The standard InChI is InChI=1S/C12H16ClN3O2/c13-9-5-14-7-15-11(9)12(18)16-10-4-2-1-3-8(10)6-17/h5,7-8,10,17H,1-4,6H2,(H,16,18). The summed E-state index contributed by atoms with van der Waals surface area (Å²) in [5, 5.41) is 12.4. The van der Waals surface area contributed by atoms with Crippen LogP contribution < -0.4 is 5.32 Å². The Morgan fingerprint density at radius 3 is 3.00 bits per heavy atom. The monoisotopic (exact) mass is 269 g/mol. The average molecular weight is 270 g/mol. The molecule has 0 aliphatic heterocycles. The lowest BCUT2D eigenvalue weighted by Gasteiger charge is -2.30. The molecule has 1 aromatic rings. The molecule has 0 spiro atoms. The molecule has 0 bridgehead atoms.